The molecule has 0 fully saturated rings. The average molecular weight is 678 g/mol. The van der Waals surface area contributed by atoms with Crippen molar-refractivity contribution < 1.29 is 27.1 Å². The lowest BCUT2D eigenvalue weighted by Gasteiger charge is -2.34. The van der Waals surface area contributed by atoms with Gasteiger partial charge in [-0.1, -0.05) is 54.6 Å². The molecule has 0 saturated carbocycles. The van der Waals surface area contributed by atoms with Crippen molar-refractivity contribution in [1.29, 1.82) is 0 Å². The highest BCUT2D eigenvalue weighted by Gasteiger charge is 2.35. The summed E-state index contributed by atoms with van der Waals surface area (Å²) in [4.78, 5) is 30.6. The van der Waals surface area contributed by atoms with Gasteiger partial charge in [0.2, 0.25) is 11.8 Å². The fourth-order valence-corrected chi connectivity index (χ4v) is 6.88. The number of carbonyl (C=O) groups is 2. The highest BCUT2D eigenvalue weighted by Crippen LogP contribution is 2.33. The van der Waals surface area contributed by atoms with Crippen LogP contribution in [0.15, 0.2) is 113 Å². The first kappa shape index (κ1) is 35.5. The van der Waals surface area contributed by atoms with Crippen molar-refractivity contribution in [3.8, 4) is 5.75 Å². The van der Waals surface area contributed by atoms with Gasteiger partial charge in [-0.2, -0.15) is 0 Å². The monoisotopic (exact) mass is 677 g/mol. The molecule has 47 heavy (non-hydrogen) atoms. The number of para-hydroxylation sites is 2. The zero-order chi connectivity index (χ0) is 34.0. The van der Waals surface area contributed by atoms with E-state index in [0.29, 0.717) is 5.56 Å². The quantitative estimate of drug-likeness (QED) is 0.148. The second-order valence-corrected chi connectivity index (χ2v) is 13.8. The lowest BCUT2D eigenvalue weighted by atomic mass is 10.0. The topological polar surface area (TPSA) is 96.0 Å². The van der Waals surface area contributed by atoms with Crippen molar-refractivity contribution in [3.05, 3.63) is 120 Å². The average Bonchev–Trinajstić information content (AvgIpc) is 3.06. The summed E-state index contributed by atoms with van der Waals surface area (Å²) in [5, 5.41) is 2.92. The van der Waals surface area contributed by atoms with Crippen LogP contribution in [0.4, 0.5) is 10.1 Å². The van der Waals surface area contributed by atoms with Crippen molar-refractivity contribution in [1.82, 2.24) is 10.2 Å². The van der Waals surface area contributed by atoms with Gasteiger partial charge in [0.1, 0.15) is 24.2 Å². The Bertz CT molecular complexity index is 1730. The molecule has 0 spiro atoms. The largest absolute Gasteiger partial charge is 0.492 e. The minimum absolute atomic E-state index is 0.00197. The molecule has 4 aromatic rings. The smallest absolute Gasteiger partial charge is 0.264 e. The molecule has 248 valence electrons. The molecule has 0 bridgehead atoms. The second kappa shape index (κ2) is 16.5. The Labute approximate surface area is 281 Å². The SMILES string of the molecule is CCOc1ccccc1N(CC(=O)N(Cc1ccc(F)cc1)[C@@H](Cc1ccccc1)C(=O)NC(C)C)S(=O)(=O)c1ccc(SC)cc1. The van der Waals surface area contributed by atoms with E-state index in [9.17, 15) is 22.4 Å². The normalized spacial score (nSPS) is 12.0. The third kappa shape index (κ3) is 9.36. The Morgan fingerprint density at radius 1 is 0.872 bits per heavy atom. The van der Waals surface area contributed by atoms with E-state index in [1.54, 1.807) is 55.5 Å². The first-order valence-corrected chi connectivity index (χ1v) is 18.0. The van der Waals surface area contributed by atoms with Gasteiger partial charge in [-0.3, -0.25) is 13.9 Å². The predicted octanol–water partition coefficient (Wildman–Crippen LogP) is 6.31. The number of nitrogens with one attached hydrogen (secondary N) is 1. The van der Waals surface area contributed by atoms with E-state index in [-0.39, 0.29) is 41.9 Å². The molecule has 1 atom stereocenters. The summed E-state index contributed by atoms with van der Waals surface area (Å²) in [6.45, 7) is 5.01. The van der Waals surface area contributed by atoms with Gasteiger partial charge in [0, 0.05) is 23.9 Å². The zero-order valence-corrected chi connectivity index (χ0v) is 28.6. The number of anilines is 1. The molecular formula is C36H40FN3O5S2. The van der Waals surface area contributed by atoms with E-state index < -0.39 is 40.2 Å². The Kier molecular flexibility index (Phi) is 12.4. The van der Waals surface area contributed by atoms with E-state index in [1.807, 2.05) is 50.4 Å². The minimum Gasteiger partial charge on any atom is -0.492 e. The predicted molar refractivity (Wildman–Crippen MR) is 185 cm³/mol. The van der Waals surface area contributed by atoms with E-state index in [4.69, 9.17) is 4.74 Å². The molecule has 4 aromatic carbocycles. The van der Waals surface area contributed by atoms with Crippen LogP contribution in [0.5, 0.6) is 5.75 Å². The van der Waals surface area contributed by atoms with Gasteiger partial charge in [-0.15, -0.1) is 11.8 Å². The third-order valence-electron chi connectivity index (χ3n) is 7.33. The molecule has 1 N–H and O–H groups in total. The lowest BCUT2D eigenvalue weighted by Crippen LogP contribution is -2.54. The number of hydrogen-bond acceptors (Lipinski definition) is 6. The van der Waals surface area contributed by atoms with E-state index >= 15 is 0 Å². The molecular weight excluding hydrogens is 638 g/mol. The van der Waals surface area contributed by atoms with E-state index in [2.05, 4.69) is 5.32 Å². The molecule has 0 radical (unpaired) electrons. The Balaban J connectivity index is 1.84. The summed E-state index contributed by atoms with van der Waals surface area (Å²) in [7, 11) is -4.30. The van der Waals surface area contributed by atoms with Crippen LogP contribution in [0.2, 0.25) is 0 Å². The minimum atomic E-state index is -4.30. The standard InChI is InChI=1S/C36H40FN3O5S2/c1-5-45-34-14-10-9-13-32(34)40(47(43,44)31-21-19-30(46-4)20-22-31)25-35(41)39(24-28-15-17-29(37)18-16-28)33(36(42)38-26(2)3)23-27-11-7-6-8-12-27/h6-22,26,33H,5,23-25H2,1-4H3,(H,38,42)/t33-/m0/s1. The van der Waals surface area contributed by atoms with Crippen molar-refractivity contribution in [3.63, 3.8) is 0 Å². The maximum atomic E-state index is 14.6. The first-order valence-electron chi connectivity index (χ1n) is 15.3. The number of ether oxygens (including phenoxy) is 1. The molecule has 4 rings (SSSR count). The number of sulfonamides is 1. The zero-order valence-electron chi connectivity index (χ0n) is 26.9. The van der Waals surface area contributed by atoms with Crippen molar-refractivity contribution in [2.45, 2.75) is 55.6 Å². The summed E-state index contributed by atoms with van der Waals surface area (Å²) >= 11 is 1.48. The maximum absolute atomic E-state index is 14.6. The van der Waals surface area contributed by atoms with E-state index in [1.165, 1.54) is 40.9 Å². The molecule has 0 aliphatic rings. The molecule has 0 aliphatic heterocycles. The number of carbonyl (C=O) groups excluding carboxylic acids is 2. The Morgan fingerprint density at radius 3 is 2.13 bits per heavy atom. The maximum Gasteiger partial charge on any atom is 0.264 e. The van der Waals surface area contributed by atoms with Crippen molar-refractivity contribution in [2.24, 2.45) is 0 Å². The number of benzene rings is 4. The van der Waals surface area contributed by atoms with Gasteiger partial charge in [-0.25, -0.2) is 12.8 Å². The molecule has 2 amide bonds. The number of hydrogen-bond donors (Lipinski definition) is 1. The van der Waals surface area contributed by atoms with Crippen molar-refractivity contribution in [2.75, 3.05) is 23.7 Å². The number of thioether (sulfide) groups is 1. The van der Waals surface area contributed by atoms with Gasteiger partial charge in [0.15, 0.2) is 0 Å². The van der Waals surface area contributed by atoms with Gasteiger partial charge >= 0.3 is 0 Å². The summed E-state index contributed by atoms with van der Waals surface area (Å²) in [5.74, 6) is -1.17. The molecule has 0 aromatic heterocycles. The van der Waals surface area contributed by atoms with Gasteiger partial charge in [-0.05, 0) is 86.7 Å². The Hall–Kier alpha value is -4.35. The third-order valence-corrected chi connectivity index (χ3v) is 9.85. The molecule has 0 unspecified atom stereocenters. The molecule has 8 nitrogen and oxygen atoms in total. The van der Waals surface area contributed by atoms with Crippen LogP contribution < -0.4 is 14.4 Å². The second-order valence-electron chi connectivity index (χ2n) is 11.1. The van der Waals surface area contributed by atoms with Crippen LogP contribution in [0.3, 0.4) is 0 Å². The van der Waals surface area contributed by atoms with Crippen LogP contribution in [0, 0.1) is 5.82 Å². The van der Waals surface area contributed by atoms with Crippen LogP contribution >= 0.6 is 11.8 Å². The van der Waals surface area contributed by atoms with E-state index in [0.717, 1.165) is 14.8 Å². The number of rotatable bonds is 15. The molecule has 0 heterocycles. The number of amides is 2. The highest BCUT2D eigenvalue weighted by atomic mass is 32.2. The molecule has 0 aliphatic carbocycles. The van der Waals surface area contributed by atoms with Crippen LogP contribution in [-0.2, 0) is 32.6 Å². The fourth-order valence-electron chi connectivity index (χ4n) is 5.05. The lowest BCUT2D eigenvalue weighted by molar-refractivity contribution is -0.140. The Morgan fingerprint density at radius 2 is 1.51 bits per heavy atom. The van der Waals surface area contributed by atoms with Crippen LogP contribution in [-0.4, -0.2) is 56.6 Å². The summed E-state index contributed by atoms with van der Waals surface area (Å²) in [6, 6.07) is 26.8. The molecule has 11 heteroatoms. The molecule has 0 saturated heterocycles. The van der Waals surface area contributed by atoms with Gasteiger partial charge in [0.05, 0.1) is 17.2 Å². The number of halogens is 1. The van der Waals surface area contributed by atoms with Crippen molar-refractivity contribution >= 4 is 39.3 Å². The number of nitrogens with zero attached hydrogens (tertiary/aromatic N) is 2. The van der Waals surface area contributed by atoms with Gasteiger partial charge in [0.25, 0.3) is 10.0 Å². The van der Waals surface area contributed by atoms with Crippen LogP contribution in [0.1, 0.15) is 31.9 Å². The summed E-state index contributed by atoms with van der Waals surface area (Å²) in [5.41, 5.74) is 1.57. The fraction of sp³-hybridized carbons (Fsp3) is 0.278. The summed E-state index contributed by atoms with van der Waals surface area (Å²) < 4.78 is 49.4. The first-order chi connectivity index (χ1) is 22.5. The summed E-state index contributed by atoms with van der Waals surface area (Å²) in [6.07, 6.45) is 2.06. The highest BCUT2D eigenvalue weighted by molar-refractivity contribution is 7.98. The van der Waals surface area contributed by atoms with Crippen LogP contribution in [0.25, 0.3) is 0 Å². The van der Waals surface area contributed by atoms with Gasteiger partial charge < -0.3 is 15.0 Å².